The Balaban J connectivity index is 1.53. The van der Waals surface area contributed by atoms with Gasteiger partial charge in [-0.15, -0.1) is 0 Å². The number of piperazine rings is 1. The Morgan fingerprint density at radius 1 is 1.03 bits per heavy atom. The van der Waals surface area contributed by atoms with Gasteiger partial charge in [0, 0.05) is 44.4 Å². The highest BCUT2D eigenvalue weighted by molar-refractivity contribution is 5.92. The average Bonchev–Trinajstić information content (AvgIpc) is 2.86. The first kappa shape index (κ1) is 24.6. The fourth-order valence-electron chi connectivity index (χ4n) is 4.03. The minimum absolute atomic E-state index is 0.180. The second-order valence-corrected chi connectivity index (χ2v) is 7.97. The van der Waals surface area contributed by atoms with Crippen LogP contribution in [0.3, 0.4) is 0 Å². The van der Waals surface area contributed by atoms with Gasteiger partial charge in [0.15, 0.2) is 0 Å². The summed E-state index contributed by atoms with van der Waals surface area (Å²) in [7, 11) is 3.05. The van der Waals surface area contributed by atoms with Gasteiger partial charge in [-0.1, -0.05) is 37.3 Å². The number of aliphatic hydroxyl groups excluding tert-OH is 1. The molecule has 1 unspecified atom stereocenters. The summed E-state index contributed by atoms with van der Waals surface area (Å²) in [4.78, 5) is 16.3. The van der Waals surface area contributed by atoms with Gasteiger partial charge in [-0.3, -0.25) is 4.90 Å². The molecule has 1 N–H and O–H groups in total. The lowest BCUT2D eigenvalue weighted by molar-refractivity contribution is -0.134. The first-order valence-electron chi connectivity index (χ1n) is 11.3. The van der Waals surface area contributed by atoms with Gasteiger partial charge in [-0.25, -0.2) is 4.79 Å². The number of hydrogen-bond acceptors (Lipinski definition) is 7. The number of carbonyl (C=O) groups is 1. The number of allylic oxidation sites excluding steroid dienone is 1. The van der Waals surface area contributed by atoms with Crippen LogP contribution in [0.25, 0.3) is 5.57 Å². The molecule has 7 nitrogen and oxygen atoms in total. The molecule has 0 aliphatic carbocycles. The Labute approximate surface area is 196 Å². The van der Waals surface area contributed by atoms with Crippen molar-refractivity contribution >= 4 is 17.2 Å². The minimum Gasteiger partial charge on any atom is -0.495 e. The molecule has 0 amide bonds. The number of methoxy groups -OCH3 is 2. The standard InChI is InChI=1S/C26H34N2O5/c1-4-20(17-26(30)32-3)22-9-5-7-11-24(22)33-19-21(29)18-27-13-15-28(16-14-27)23-10-6-8-12-25(23)31-2/h5-12,17,21,29H,4,13-16,18-19H2,1-3H3. The van der Waals surface area contributed by atoms with E-state index in [1.807, 2.05) is 49.4 Å². The van der Waals surface area contributed by atoms with E-state index in [2.05, 4.69) is 15.9 Å². The molecular formula is C26H34N2O5. The van der Waals surface area contributed by atoms with E-state index in [-0.39, 0.29) is 6.61 Å². The molecule has 2 aromatic rings. The molecule has 1 aliphatic rings. The highest BCUT2D eigenvalue weighted by Gasteiger charge is 2.21. The van der Waals surface area contributed by atoms with Crippen LogP contribution in [0.4, 0.5) is 5.69 Å². The second-order valence-electron chi connectivity index (χ2n) is 7.97. The van der Waals surface area contributed by atoms with Gasteiger partial charge in [-0.05, 0) is 30.2 Å². The third-order valence-corrected chi connectivity index (χ3v) is 5.81. The van der Waals surface area contributed by atoms with Gasteiger partial charge in [0.2, 0.25) is 0 Å². The molecule has 0 saturated carbocycles. The van der Waals surface area contributed by atoms with Gasteiger partial charge < -0.3 is 24.2 Å². The number of carbonyl (C=O) groups excluding carboxylic acids is 1. The zero-order chi connectivity index (χ0) is 23.6. The van der Waals surface area contributed by atoms with Crippen molar-refractivity contribution in [3.8, 4) is 11.5 Å². The summed E-state index contributed by atoms with van der Waals surface area (Å²) >= 11 is 0. The van der Waals surface area contributed by atoms with Crippen LogP contribution < -0.4 is 14.4 Å². The summed E-state index contributed by atoms with van der Waals surface area (Å²) in [6, 6.07) is 15.6. The van der Waals surface area contributed by atoms with Crippen LogP contribution >= 0.6 is 0 Å². The number of nitrogens with zero attached hydrogens (tertiary/aromatic N) is 2. The number of benzene rings is 2. The lowest BCUT2D eigenvalue weighted by Crippen LogP contribution is -2.49. The van der Waals surface area contributed by atoms with Crippen molar-refractivity contribution in [3.63, 3.8) is 0 Å². The number of β-amino-alcohol motifs (C(OH)–C–C–N with tert-alkyl or cyclic N) is 1. The van der Waals surface area contributed by atoms with Crippen LogP contribution in [0, 0.1) is 0 Å². The lowest BCUT2D eigenvalue weighted by Gasteiger charge is -2.37. The monoisotopic (exact) mass is 454 g/mol. The number of esters is 1. The zero-order valence-corrected chi connectivity index (χ0v) is 19.7. The smallest absolute Gasteiger partial charge is 0.330 e. The van der Waals surface area contributed by atoms with Crippen molar-refractivity contribution in [2.24, 2.45) is 0 Å². The van der Waals surface area contributed by atoms with E-state index < -0.39 is 12.1 Å². The van der Waals surface area contributed by atoms with E-state index in [1.165, 1.54) is 13.2 Å². The molecule has 1 heterocycles. The molecule has 2 aromatic carbocycles. The Hall–Kier alpha value is -3.03. The first-order valence-corrected chi connectivity index (χ1v) is 11.3. The van der Waals surface area contributed by atoms with Crippen molar-refractivity contribution in [2.75, 3.05) is 58.5 Å². The van der Waals surface area contributed by atoms with E-state index in [1.54, 1.807) is 7.11 Å². The molecule has 1 saturated heterocycles. The molecule has 1 atom stereocenters. The van der Waals surface area contributed by atoms with Gasteiger partial charge >= 0.3 is 5.97 Å². The number of rotatable bonds is 10. The van der Waals surface area contributed by atoms with Crippen LogP contribution in [-0.2, 0) is 9.53 Å². The Kier molecular flexibility index (Phi) is 9.15. The topological polar surface area (TPSA) is 71.5 Å². The zero-order valence-electron chi connectivity index (χ0n) is 19.7. The highest BCUT2D eigenvalue weighted by Crippen LogP contribution is 2.29. The number of para-hydroxylation sites is 3. The molecular weight excluding hydrogens is 420 g/mol. The Bertz CT molecular complexity index is 938. The predicted octanol–water partition coefficient (Wildman–Crippen LogP) is 3.22. The van der Waals surface area contributed by atoms with E-state index in [4.69, 9.17) is 14.2 Å². The summed E-state index contributed by atoms with van der Waals surface area (Å²) < 4.78 is 16.2. The summed E-state index contributed by atoms with van der Waals surface area (Å²) in [6.07, 6.45) is 1.53. The van der Waals surface area contributed by atoms with Crippen LogP contribution in [0.2, 0.25) is 0 Å². The molecule has 1 aliphatic heterocycles. The molecule has 0 spiro atoms. The van der Waals surface area contributed by atoms with E-state index in [0.29, 0.717) is 18.7 Å². The molecule has 0 aromatic heterocycles. The maximum atomic E-state index is 11.7. The van der Waals surface area contributed by atoms with Gasteiger partial charge in [0.1, 0.15) is 24.2 Å². The van der Waals surface area contributed by atoms with Crippen LogP contribution in [0.15, 0.2) is 54.6 Å². The van der Waals surface area contributed by atoms with Crippen LogP contribution in [0.5, 0.6) is 11.5 Å². The van der Waals surface area contributed by atoms with E-state index in [0.717, 1.165) is 48.8 Å². The summed E-state index contributed by atoms with van der Waals surface area (Å²) in [5.41, 5.74) is 2.77. The second kappa shape index (κ2) is 12.3. The van der Waals surface area contributed by atoms with Crippen LogP contribution in [-0.4, -0.2) is 75.6 Å². The van der Waals surface area contributed by atoms with Gasteiger partial charge in [0.05, 0.1) is 19.9 Å². The first-order chi connectivity index (χ1) is 16.0. The maximum Gasteiger partial charge on any atom is 0.330 e. The quantitative estimate of drug-likeness (QED) is 0.437. The Morgan fingerprint density at radius 3 is 2.36 bits per heavy atom. The van der Waals surface area contributed by atoms with Crippen molar-refractivity contribution in [1.82, 2.24) is 4.90 Å². The lowest BCUT2D eigenvalue weighted by atomic mass is 10.0. The van der Waals surface area contributed by atoms with Crippen molar-refractivity contribution < 1.29 is 24.1 Å². The minimum atomic E-state index is -0.620. The number of ether oxygens (including phenoxy) is 3. The molecule has 0 radical (unpaired) electrons. The number of hydrogen-bond donors (Lipinski definition) is 1. The fraction of sp³-hybridized carbons (Fsp3) is 0.423. The van der Waals surface area contributed by atoms with E-state index >= 15 is 0 Å². The van der Waals surface area contributed by atoms with Crippen molar-refractivity contribution in [3.05, 3.63) is 60.2 Å². The molecule has 1 fully saturated rings. The normalized spacial score (nSPS) is 15.8. The number of anilines is 1. The third-order valence-electron chi connectivity index (χ3n) is 5.81. The Morgan fingerprint density at radius 2 is 1.70 bits per heavy atom. The molecule has 178 valence electrons. The average molecular weight is 455 g/mol. The predicted molar refractivity (Wildman–Crippen MR) is 130 cm³/mol. The molecule has 0 bridgehead atoms. The van der Waals surface area contributed by atoms with Crippen molar-refractivity contribution in [2.45, 2.75) is 19.4 Å². The van der Waals surface area contributed by atoms with E-state index in [9.17, 15) is 9.90 Å². The summed E-state index contributed by atoms with van der Waals surface area (Å²) in [6.45, 7) is 6.15. The fourth-order valence-corrected chi connectivity index (χ4v) is 4.03. The third kappa shape index (κ3) is 6.73. The highest BCUT2D eigenvalue weighted by atomic mass is 16.5. The molecule has 7 heteroatoms. The maximum absolute atomic E-state index is 11.7. The van der Waals surface area contributed by atoms with Gasteiger partial charge in [0.25, 0.3) is 0 Å². The largest absolute Gasteiger partial charge is 0.495 e. The van der Waals surface area contributed by atoms with Crippen molar-refractivity contribution in [1.29, 1.82) is 0 Å². The molecule has 3 rings (SSSR count). The summed E-state index contributed by atoms with van der Waals surface area (Å²) in [5, 5.41) is 10.6. The SMILES string of the molecule is CCC(=CC(=O)OC)c1ccccc1OCC(O)CN1CCN(c2ccccc2OC)CC1. The summed E-state index contributed by atoms with van der Waals surface area (Å²) in [5.74, 6) is 1.13. The van der Waals surface area contributed by atoms with Crippen LogP contribution in [0.1, 0.15) is 18.9 Å². The molecule has 33 heavy (non-hydrogen) atoms. The van der Waals surface area contributed by atoms with Gasteiger partial charge in [-0.2, -0.15) is 0 Å². The number of aliphatic hydroxyl groups is 1.